The fourth-order valence-corrected chi connectivity index (χ4v) is 5.84. The number of fused-ring (bicyclic) bond motifs is 1. The van der Waals surface area contributed by atoms with Gasteiger partial charge in [0.15, 0.2) is 4.90 Å². The van der Waals surface area contributed by atoms with E-state index in [1.807, 2.05) is 0 Å². The molecule has 25 heavy (non-hydrogen) atoms. The summed E-state index contributed by atoms with van der Waals surface area (Å²) in [5.41, 5.74) is 6.23. The van der Waals surface area contributed by atoms with Crippen LogP contribution in [-0.4, -0.2) is 53.2 Å². The van der Waals surface area contributed by atoms with E-state index in [4.69, 9.17) is 19.9 Å². The molecule has 1 aromatic carbocycles. The first kappa shape index (κ1) is 18.3. The van der Waals surface area contributed by atoms with E-state index in [-0.39, 0.29) is 28.4 Å². The first-order chi connectivity index (χ1) is 11.9. The third-order valence-electron chi connectivity index (χ3n) is 5.39. The van der Waals surface area contributed by atoms with Crippen LogP contribution in [0.2, 0.25) is 0 Å². The van der Waals surface area contributed by atoms with Crippen molar-refractivity contribution in [3.8, 4) is 17.2 Å². The van der Waals surface area contributed by atoms with Gasteiger partial charge in [0.25, 0.3) is 10.0 Å². The summed E-state index contributed by atoms with van der Waals surface area (Å²) in [7, 11) is 0.625. The number of nitrogens with zero attached hydrogens (tertiary/aromatic N) is 1. The molecule has 1 saturated carbocycles. The highest BCUT2D eigenvalue weighted by Crippen LogP contribution is 2.43. The predicted octanol–water partition coefficient (Wildman–Crippen LogP) is 1.46. The zero-order valence-corrected chi connectivity index (χ0v) is 15.7. The molecule has 7 nitrogen and oxygen atoms in total. The minimum Gasteiger partial charge on any atom is -0.496 e. The summed E-state index contributed by atoms with van der Waals surface area (Å²) in [6.07, 6.45) is 3.05. The fourth-order valence-electron chi connectivity index (χ4n) is 4.03. The summed E-state index contributed by atoms with van der Waals surface area (Å²) in [5, 5.41) is 0. The molecule has 2 fully saturated rings. The fraction of sp³-hybridized carbons (Fsp3) is 0.647. The van der Waals surface area contributed by atoms with Crippen LogP contribution in [0.4, 0.5) is 0 Å². The van der Waals surface area contributed by atoms with Crippen molar-refractivity contribution in [1.82, 2.24) is 4.31 Å². The second-order valence-electron chi connectivity index (χ2n) is 6.70. The molecule has 3 atom stereocenters. The van der Waals surface area contributed by atoms with Crippen molar-refractivity contribution in [1.29, 1.82) is 0 Å². The molecular formula is C17H26N2O5S. The number of nitrogens with two attached hydrogens (primary N) is 1. The van der Waals surface area contributed by atoms with Crippen LogP contribution < -0.4 is 19.9 Å². The Morgan fingerprint density at radius 2 is 1.68 bits per heavy atom. The maximum absolute atomic E-state index is 13.3. The van der Waals surface area contributed by atoms with Gasteiger partial charge in [0.2, 0.25) is 0 Å². The molecule has 1 saturated heterocycles. The van der Waals surface area contributed by atoms with Crippen molar-refractivity contribution < 1.29 is 22.6 Å². The molecule has 3 unspecified atom stereocenters. The summed E-state index contributed by atoms with van der Waals surface area (Å²) in [6.45, 7) is 0.950. The van der Waals surface area contributed by atoms with Crippen LogP contribution in [0.25, 0.3) is 0 Å². The van der Waals surface area contributed by atoms with Crippen LogP contribution >= 0.6 is 0 Å². The Hall–Kier alpha value is -1.51. The molecule has 0 radical (unpaired) electrons. The van der Waals surface area contributed by atoms with Gasteiger partial charge < -0.3 is 19.9 Å². The number of sulfonamides is 1. The van der Waals surface area contributed by atoms with Crippen molar-refractivity contribution in [2.24, 2.45) is 17.6 Å². The lowest BCUT2D eigenvalue weighted by atomic mass is 9.78. The van der Waals surface area contributed by atoms with Crippen LogP contribution in [0.3, 0.4) is 0 Å². The van der Waals surface area contributed by atoms with Crippen LogP contribution in [0.1, 0.15) is 19.3 Å². The SMILES string of the molecule is COc1cc(OC)c(S(=O)(=O)N2CC3CCCC(N)C3C2)c(OC)c1. The zero-order chi connectivity index (χ0) is 18.2. The molecule has 0 aromatic heterocycles. The molecule has 2 aliphatic rings. The number of hydrogen-bond acceptors (Lipinski definition) is 6. The smallest absolute Gasteiger partial charge is 0.250 e. The molecule has 8 heteroatoms. The third kappa shape index (κ3) is 3.18. The van der Waals surface area contributed by atoms with Gasteiger partial charge in [0.1, 0.15) is 17.2 Å². The topological polar surface area (TPSA) is 91.1 Å². The number of benzene rings is 1. The van der Waals surface area contributed by atoms with Gasteiger partial charge in [-0.1, -0.05) is 6.42 Å². The molecule has 1 heterocycles. The average Bonchev–Trinajstić information content (AvgIpc) is 3.07. The lowest BCUT2D eigenvalue weighted by molar-refractivity contribution is 0.260. The maximum atomic E-state index is 13.3. The van der Waals surface area contributed by atoms with Gasteiger partial charge in [-0.3, -0.25) is 0 Å². The predicted molar refractivity (Wildman–Crippen MR) is 93.7 cm³/mol. The number of methoxy groups -OCH3 is 3. The van der Waals surface area contributed by atoms with Gasteiger partial charge in [-0.2, -0.15) is 4.31 Å². The second kappa shape index (κ2) is 7.01. The van der Waals surface area contributed by atoms with Crippen LogP contribution in [0.5, 0.6) is 17.2 Å². The van der Waals surface area contributed by atoms with Crippen LogP contribution in [-0.2, 0) is 10.0 Å². The Morgan fingerprint density at radius 3 is 2.20 bits per heavy atom. The van der Waals surface area contributed by atoms with Crippen molar-refractivity contribution in [2.45, 2.75) is 30.2 Å². The second-order valence-corrected chi connectivity index (χ2v) is 8.58. The lowest BCUT2D eigenvalue weighted by Gasteiger charge is -2.29. The molecule has 0 spiro atoms. The number of ether oxygens (including phenoxy) is 3. The molecule has 1 aliphatic heterocycles. The first-order valence-electron chi connectivity index (χ1n) is 8.48. The first-order valence-corrected chi connectivity index (χ1v) is 9.92. The average molecular weight is 370 g/mol. The lowest BCUT2D eigenvalue weighted by Crippen LogP contribution is -2.38. The van der Waals surface area contributed by atoms with Crippen LogP contribution in [0.15, 0.2) is 17.0 Å². The van der Waals surface area contributed by atoms with E-state index in [1.54, 1.807) is 12.1 Å². The van der Waals surface area contributed by atoms with E-state index in [2.05, 4.69) is 0 Å². The van der Waals surface area contributed by atoms with Gasteiger partial charge in [0, 0.05) is 31.3 Å². The molecule has 3 rings (SSSR count). The Morgan fingerprint density at radius 1 is 1.04 bits per heavy atom. The molecule has 2 N–H and O–H groups in total. The van der Waals surface area contributed by atoms with Crippen molar-refractivity contribution in [3.05, 3.63) is 12.1 Å². The Bertz CT molecular complexity index is 712. The Kier molecular flexibility index (Phi) is 5.13. The van der Waals surface area contributed by atoms with E-state index < -0.39 is 10.0 Å². The Balaban J connectivity index is 2.00. The van der Waals surface area contributed by atoms with Crippen molar-refractivity contribution in [3.63, 3.8) is 0 Å². The number of hydrogen-bond donors (Lipinski definition) is 1. The molecular weight excluding hydrogens is 344 g/mol. The summed E-state index contributed by atoms with van der Waals surface area (Å²) in [5.74, 6) is 1.46. The molecule has 0 bridgehead atoms. The van der Waals surface area contributed by atoms with E-state index in [0.717, 1.165) is 19.3 Å². The minimum atomic E-state index is -3.76. The van der Waals surface area contributed by atoms with Gasteiger partial charge in [-0.15, -0.1) is 0 Å². The highest BCUT2D eigenvalue weighted by molar-refractivity contribution is 7.89. The van der Waals surface area contributed by atoms with Gasteiger partial charge in [-0.05, 0) is 24.7 Å². The summed E-state index contributed by atoms with van der Waals surface area (Å²) >= 11 is 0. The van der Waals surface area contributed by atoms with E-state index >= 15 is 0 Å². The van der Waals surface area contributed by atoms with Crippen molar-refractivity contribution in [2.75, 3.05) is 34.4 Å². The molecule has 1 aliphatic carbocycles. The van der Waals surface area contributed by atoms with Gasteiger partial charge in [0.05, 0.1) is 21.3 Å². The zero-order valence-electron chi connectivity index (χ0n) is 14.9. The van der Waals surface area contributed by atoms with Crippen LogP contribution in [0, 0.1) is 11.8 Å². The summed E-state index contributed by atoms with van der Waals surface area (Å²) < 4.78 is 44.0. The van der Waals surface area contributed by atoms with Gasteiger partial charge in [-0.25, -0.2) is 8.42 Å². The van der Waals surface area contributed by atoms with Crippen molar-refractivity contribution >= 4 is 10.0 Å². The van der Waals surface area contributed by atoms with E-state index in [9.17, 15) is 8.42 Å². The standard InChI is InChI=1S/C17H26N2O5S/c1-22-12-7-15(23-2)17(16(8-12)24-3)25(20,21)19-9-11-5-4-6-14(18)13(11)10-19/h7-8,11,13-14H,4-6,9-10,18H2,1-3H3. The van der Waals surface area contributed by atoms with E-state index in [1.165, 1.54) is 25.6 Å². The monoisotopic (exact) mass is 370 g/mol. The van der Waals surface area contributed by atoms with Gasteiger partial charge >= 0.3 is 0 Å². The van der Waals surface area contributed by atoms with E-state index in [0.29, 0.717) is 24.8 Å². The molecule has 140 valence electrons. The minimum absolute atomic E-state index is 0.0468. The molecule has 0 amide bonds. The highest BCUT2D eigenvalue weighted by Gasteiger charge is 2.44. The maximum Gasteiger partial charge on any atom is 0.250 e. The summed E-state index contributed by atoms with van der Waals surface area (Å²) in [4.78, 5) is 0.0468. The number of rotatable bonds is 5. The largest absolute Gasteiger partial charge is 0.496 e. The quantitative estimate of drug-likeness (QED) is 0.844. The molecule has 1 aromatic rings. The Labute approximate surface area is 149 Å². The third-order valence-corrected chi connectivity index (χ3v) is 7.28. The normalized spacial score (nSPS) is 27.0. The highest BCUT2D eigenvalue weighted by atomic mass is 32.2. The summed E-state index contributed by atoms with van der Waals surface area (Å²) in [6, 6.07) is 3.19.